The van der Waals surface area contributed by atoms with Gasteiger partial charge in [-0.25, -0.2) is 4.79 Å². The summed E-state index contributed by atoms with van der Waals surface area (Å²) in [6, 6.07) is 0. The second-order valence-electron chi connectivity index (χ2n) is 8.42. The maximum absolute atomic E-state index is 12.6. The Kier molecular flexibility index (Phi) is 5.50. The normalized spacial score (nSPS) is 23.3. The van der Waals surface area contributed by atoms with Crippen LogP contribution in [-0.2, 0) is 14.0 Å². The Morgan fingerprint density at radius 2 is 1.77 bits per heavy atom. The molecule has 0 aromatic heterocycles. The maximum Gasteiger partial charge on any atom is 0.411 e. The minimum atomic E-state index is -1.25. The van der Waals surface area contributed by atoms with Gasteiger partial charge in [0.25, 0.3) is 0 Å². The third-order valence-corrected chi connectivity index (χ3v) is 4.84. The van der Waals surface area contributed by atoms with E-state index in [0.717, 1.165) is 0 Å². The number of hydrogen-bond acceptors (Lipinski definition) is 4. The molecule has 0 aromatic carbocycles. The highest BCUT2D eigenvalue weighted by atomic mass is 28.3. The van der Waals surface area contributed by atoms with Crippen LogP contribution >= 0.6 is 0 Å². The van der Waals surface area contributed by atoms with Crippen LogP contribution in [0.2, 0.25) is 13.1 Å². The molecular weight excluding hydrogens is 298 g/mol. The lowest BCUT2D eigenvalue weighted by Crippen LogP contribution is -2.59. The summed E-state index contributed by atoms with van der Waals surface area (Å²) in [7, 11) is -1.25. The van der Waals surface area contributed by atoms with Crippen LogP contribution in [0.3, 0.4) is 0 Å². The summed E-state index contributed by atoms with van der Waals surface area (Å²) >= 11 is 0. The third kappa shape index (κ3) is 4.32. The fourth-order valence-corrected chi connectivity index (χ4v) is 3.29. The van der Waals surface area contributed by atoms with Crippen LogP contribution in [-0.4, -0.2) is 50.1 Å². The standard InChI is InChI=1S/C16H31NO4Si/c1-14(2,3)16(11-20-22(7)8)9-12(18)10-17(16)13(19)21-15(4,5)6/h22H,9-11H2,1-8H3/t16-/m1/s1. The molecule has 6 heteroatoms. The van der Waals surface area contributed by atoms with Gasteiger partial charge in [0.15, 0.2) is 14.8 Å². The van der Waals surface area contributed by atoms with E-state index in [9.17, 15) is 9.59 Å². The minimum absolute atomic E-state index is 0.0646. The molecule has 1 aliphatic rings. The summed E-state index contributed by atoms with van der Waals surface area (Å²) < 4.78 is 11.5. The summed E-state index contributed by atoms with van der Waals surface area (Å²) in [5.74, 6) is 0.0646. The molecule has 1 atom stereocenters. The van der Waals surface area contributed by atoms with Crippen LogP contribution in [0.1, 0.15) is 48.0 Å². The first-order chi connectivity index (χ1) is 9.78. The molecule has 0 aliphatic carbocycles. The van der Waals surface area contributed by atoms with Crippen LogP contribution < -0.4 is 0 Å². The maximum atomic E-state index is 12.6. The first-order valence-corrected chi connectivity index (χ1v) is 10.7. The van der Waals surface area contributed by atoms with E-state index in [1.54, 1.807) is 4.90 Å². The fraction of sp³-hybridized carbons (Fsp3) is 0.875. The van der Waals surface area contributed by atoms with Crippen molar-refractivity contribution in [2.24, 2.45) is 5.41 Å². The van der Waals surface area contributed by atoms with Gasteiger partial charge >= 0.3 is 6.09 Å². The molecule has 0 aromatic rings. The van der Waals surface area contributed by atoms with Crippen molar-refractivity contribution in [2.75, 3.05) is 13.2 Å². The van der Waals surface area contributed by atoms with E-state index >= 15 is 0 Å². The Hall–Kier alpha value is -0.883. The zero-order chi connectivity index (χ0) is 17.3. The molecule has 0 spiro atoms. The second-order valence-corrected chi connectivity index (χ2v) is 10.9. The molecule has 1 rings (SSSR count). The van der Waals surface area contributed by atoms with Crippen molar-refractivity contribution in [3.8, 4) is 0 Å². The quantitative estimate of drug-likeness (QED) is 0.747. The molecule has 1 saturated heterocycles. The van der Waals surface area contributed by atoms with E-state index in [1.807, 2.05) is 41.5 Å². The number of Topliss-reactive ketones (excluding diaryl/α,β-unsaturated/α-hetero) is 1. The van der Waals surface area contributed by atoms with Crippen LogP contribution in [0.4, 0.5) is 4.79 Å². The molecule has 1 aliphatic heterocycles. The molecule has 5 nitrogen and oxygen atoms in total. The van der Waals surface area contributed by atoms with Crippen molar-refractivity contribution >= 4 is 20.9 Å². The number of nitrogens with zero attached hydrogens (tertiary/aromatic N) is 1. The molecular formula is C16H31NO4Si. The highest BCUT2D eigenvalue weighted by Crippen LogP contribution is 2.43. The SMILES string of the molecule is C[SiH](C)OC[C@@]1(C(C)(C)C)CC(=O)CN1C(=O)OC(C)(C)C. The average molecular weight is 330 g/mol. The highest BCUT2D eigenvalue weighted by molar-refractivity contribution is 6.48. The fourth-order valence-electron chi connectivity index (χ4n) is 2.68. The summed E-state index contributed by atoms with van der Waals surface area (Å²) in [4.78, 5) is 26.4. The van der Waals surface area contributed by atoms with E-state index < -0.39 is 26.3 Å². The van der Waals surface area contributed by atoms with Crippen molar-refractivity contribution < 1.29 is 18.8 Å². The van der Waals surface area contributed by atoms with Gasteiger partial charge < -0.3 is 9.16 Å². The molecule has 0 N–H and O–H groups in total. The summed E-state index contributed by atoms with van der Waals surface area (Å²) in [5, 5.41) is 0. The molecule has 128 valence electrons. The number of carbonyl (C=O) groups is 2. The number of hydrogen-bond donors (Lipinski definition) is 0. The van der Waals surface area contributed by atoms with Crippen molar-refractivity contribution in [2.45, 2.75) is 72.2 Å². The summed E-state index contributed by atoms with van der Waals surface area (Å²) in [5.41, 5.74) is -1.50. The highest BCUT2D eigenvalue weighted by Gasteiger charge is 2.55. The van der Waals surface area contributed by atoms with Crippen molar-refractivity contribution in [3.63, 3.8) is 0 Å². The number of ether oxygens (including phenoxy) is 1. The zero-order valence-corrected chi connectivity index (χ0v) is 16.4. The molecule has 0 bridgehead atoms. The predicted molar refractivity (Wildman–Crippen MR) is 89.6 cm³/mol. The van der Waals surface area contributed by atoms with Crippen LogP contribution in [0.5, 0.6) is 0 Å². The van der Waals surface area contributed by atoms with Gasteiger partial charge in [0, 0.05) is 6.42 Å². The van der Waals surface area contributed by atoms with E-state index in [0.29, 0.717) is 13.0 Å². The van der Waals surface area contributed by atoms with Gasteiger partial charge in [-0.2, -0.15) is 0 Å². The van der Waals surface area contributed by atoms with Crippen molar-refractivity contribution in [1.82, 2.24) is 4.90 Å². The Morgan fingerprint density at radius 1 is 1.23 bits per heavy atom. The second kappa shape index (κ2) is 6.32. The van der Waals surface area contributed by atoms with Gasteiger partial charge in [0.2, 0.25) is 0 Å². The third-order valence-electron chi connectivity index (χ3n) is 4.01. The molecule has 1 fully saturated rings. The first kappa shape index (κ1) is 19.2. The molecule has 1 amide bonds. The molecule has 1 heterocycles. The summed E-state index contributed by atoms with van der Waals surface area (Å²) in [6.07, 6.45) is -0.0982. The molecule has 22 heavy (non-hydrogen) atoms. The van der Waals surface area contributed by atoms with Gasteiger partial charge in [-0.15, -0.1) is 0 Å². The Balaban J connectivity index is 3.15. The molecule has 0 unspecified atom stereocenters. The van der Waals surface area contributed by atoms with Gasteiger partial charge in [-0.3, -0.25) is 9.69 Å². The lowest BCUT2D eigenvalue weighted by Gasteiger charge is -2.47. The Bertz CT molecular complexity index is 436. The smallest absolute Gasteiger partial charge is 0.411 e. The topological polar surface area (TPSA) is 55.8 Å². The van der Waals surface area contributed by atoms with Gasteiger partial charge in [0.05, 0.1) is 18.7 Å². The van der Waals surface area contributed by atoms with E-state index in [1.165, 1.54) is 0 Å². The number of rotatable bonds is 3. The summed E-state index contributed by atoms with van der Waals surface area (Å²) in [6.45, 7) is 16.3. The van der Waals surface area contributed by atoms with Crippen LogP contribution in [0.15, 0.2) is 0 Å². The monoisotopic (exact) mass is 329 g/mol. The van der Waals surface area contributed by atoms with E-state index in [-0.39, 0.29) is 17.7 Å². The minimum Gasteiger partial charge on any atom is -0.444 e. The average Bonchev–Trinajstić information content (AvgIpc) is 2.62. The van der Waals surface area contributed by atoms with Crippen molar-refractivity contribution in [1.29, 1.82) is 0 Å². The van der Waals surface area contributed by atoms with Gasteiger partial charge in [0.1, 0.15) is 5.60 Å². The number of amides is 1. The Labute approximate surface area is 136 Å². The van der Waals surface area contributed by atoms with Crippen LogP contribution in [0.25, 0.3) is 0 Å². The lowest BCUT2D eigenvalue weighted by molar-refractivity contribution is -0.117. The van der Waals surface area contributed by atoms with Crippen LogP contribution in [0, 0.1) is 5.41 Å². The first-order valence-electron chi connectivity index (χ1n) is 7.92. The van der Waals surface area contributed by atoms with E-state index in [2.05, 4.69) is 13.1 Å². The van der Waals surface area contributed by atoms with Gasteiger partial charge in [-0.05, 0) is 39.3 Å². The number of ketones is 1. The zero-order valence-electron chi connectivity index (χ0n) is 15.3. The Morgan fingerprint density at radius 3 is 2.18 bits per heavy atom. The van der Waals surface area contributed by atoms with Gasteiger partial charge in [-0.1, -0.05) is 20.8 Å². The largest absolute Gasteiger partial charge is 0.444 e. The molecule has 0 saturated carbocycles. The van der Waals surface area contributed by atoms with Crippen molar-refractivity contribution in [3.05, 3.63) is 0 Å². The predicted octanol–water partition coefficient (Wildman–Crippen LogP) is 2.98. The lowest BCUT2D eigenvalue weighted by atomic mass is 9.72. The number of carbonyl (C=O) groups excluding carboxylic acids is 2. The van der Waals surface area contributed by atoms with E-state index in [4.69, 9.17) is 9.16 Å². The molecule has 0 radical (unpaired) electrons. The number of likely N-dealkylation sites (tertiary alicyclic amines) is 1.